The monoisotopic (exact) mass is 354 g/mol. The molecule has 2 aromatic rings. The maximum atomic E-state index is 12.7. The number of carbonyl (C=O) groups is 3. The number of para-hydroxylation sites is 3. The van der Waals surface area contributed by atoms with Crippen LogP contribution < -0.4 is 10.2 Å². The third kappa shape index (κ3) is 3.51. The quantitative estimate of drug-likeness (QED) is 0.825. The number of fused-ring (bicyclic) bond motifs is 1. The van der Waals surface area contributed by atoms with Crippen molar-refractivity contribution >= 4 is 29.2 Å². The largest absolute Gasteiger partial charge is 0.507 e. The Hall–Kier alpha value is -3.35. The van der Waals surface area contributed by atoms with E-state index >= 15 is 0 Å². The Labute approximate surface area is 150 Å². The number of benzene rings is 2. The molecular formula is C19H18N2O5. The van der Waals surface area contributed by atoms with Gasteiger partial charge in [-0.1, -0.05) is 24.3 Å². The second-order valence-corrected chi connectivity index (χ2v) is 5.98. The van der Waals surface area contributed by atoms with Gasteiger partial charge < -0.3 is 20.1 Å². The molecule has 0 spiro atoms. The summed E-state index contributed by atoms with van der Waals surface area (Å²) in [6.07, 6.45) is 0.133. The van der Waals surface area contributed by atoms with Crippen molar-refractivity contribution in [2.24, 2.45) is 0 Å². The first-order valence-electron chi connectivity index (χ1n) is 8.13. The zero-order valence-electron chi connectivity index (χ0n) is 14.1. The Balaban J connectivity index is 1.77. The highest BCUT2D eigenvalue weighted by molar-refractivity contribution is 6.05. The molecule has 2 N–H and O–H groups in total. The van der Waals surface area contributed by atoms with Gasteiger partial charge in [-0.3, -0.25) is 9.59 Å². The van der Waals surface area contributed by atoms with E-state index in [0.717, 1.165) is 0 Å². The van der Waals surface area contributed by atoms with Crippen LogP contribution in [0, 0.1) is 0 Å². The summed E-state index contributed by atoms with van der Waals surface area (Å²) in [4.78, 5) is 38.2. The SMILES string of the molecule is C[C@@H]1CC(=O)Nc2ccccc2N1C(=O)COC(=O)c1ccccc1O. The van der Waals surface area contributed by atoms with Crippen LogP contribution in [-0.2, 0) is 14.3 Å². The molecule has 1 aliphatic heterocycles. The molecule has 1 heterocycles. The summed E-state index contributed by atoms with van der Waals surface area (Å²) < 4.78 is 5.06. The normalized spacial score (nSPS) is 16.3. The van der Waals surface area contributed by atoms with E-state index in [4.69, 9.17) is 4.74 Å². The third-order valence-electron chi connectivity index (χ3n) is 4.08. The summed E-state index contributed by atoms with van der Waals surface area (Å²) in [5.74, 6) is -1.65. The highest BCUT2D eigenvalue weighted by Gasteiger charge is 2.30. The third-order valence-corrected chi connectivity index (χ3v) is 4.08. The zero-order chi connectivity index (χ0) is 18.7. The first-order chi connectivity index (χ1) is 12.5. The molecule has 0 fully saturated rings. The van der Waals surface area contributed by atoms with Gasteiger partial charge in [-0.15, -0.1) is 0 Å². The topological polar surface area (TPSA) is 95.9 Å². The van der Waals surface area contributed by atoms with Crippen molar-refractivity contribution in [3.63, 3.8) is 0 Å². The zero-order valence-corrected chi connectivity index (χ0v) is 14.1. The Kier molecular flexibility index (Phi) is 4.88. The second-order valence-electron chi connectivity index (χ2n) is 5.98. The Morgan fingerprint density at radius 1 is 1.19 bits per heavy atom. The van der Waals surface area contributed by atoms with Gasteiger partial charge in [0.15, 0.2) is 6.61 Å². The molecule has 134 valence electrons. The van der Waals surface area contributed by atoms with Crippen LogP contribution in [0.4, 0.5) is 11.4 Å². The lowest BCUT2D eigenvalue weighted by Gasteiger charge is -2.27. The van der Waals surface area contributed by atoms with E-state index in [1.54, 1.807) is 43.3 Å². The smallest absolute Gasteiger partial charge is 0.342 e. The van der Waals surface area contributed by atoms with Gasteiger partial charge >= 0.3 is 5.97 Å². The number of anilines is 2. The predicted octanol–water partition coefficient (Wildman–Crippen LogP) is 2.31. The first kappa shape index (κ1) is 17.5. The number of nitrogens with zero attached hydrogens (tertiary/aromatic N) is 1. The van der Waals surface area contributed by atoms with Crippen molar-refractivity contribution in [2.75, 3.05) is 16.8 Å². The van der Waals surface area contributed by atoms with Crippen molar-refractivity contribution in [1.29, 1.82) is 0 Å². The summed E-state index contributed by atoms with van der Waals surface area (Å²) in [6.45, 7) is 1.25. The van der Waals surface area contributed by atoms with Crippen LogP contribution in [0.1, 0.15) is 23.7 Å². The van der Waals surface area contributed by atoms with E-state index in [1.807, 2.05) is 0 Å². The molecule has 0 radical (unpaired) electrons. The molecule has 2 amide bonds. The minimum absolute atomic E-state index is 0.0125. The predicted molar refractivity (Wildman–Crippen MR) is 95.0 cm³/mol. The number of nitrogens with one attached hydrogen (secondary N) is 1. The van der Waals surface area contributed by atoms with Crippen molar-refractivity contribution in [3.05, 3.63) is 54.1 Å². The highest BCUT2D eigenvalue weighted by Crippen LogP contribution is 2.31. The first-order valence-corrected chi connectivity index (χ1v) is 8.13. The summed E-state index contributed by atoms with van der Waals surface area (Å²) in [7, 11) is 0. The fraction of sp³-hybridized carbons (Fsp3) is 0.211. The van der Waals surface area contributed by atoms with Crippen LogP contribution in [0.25, 0.3) is 0 Å². The molecule has 0 saturated carbocycles. The van der Waals surface area contributed by atoms with Gasteiger partial charge in [-0.25, -0.2) is 4.79 Å². The van der Waals surface area contributed by atoms with Gasteiger partial charge in [0.25, 0.3) is 5.91 Å². The number of ether oxygens (including phenoxy) is 1. The number of hydrogen-bond acceptors (Lipinski definition) is 5. The van der Waals surface area contributed by atoms with E-state index in [0.29, 0.717) is 11.4 Å². The van der Waals surface area contributed by atoms with Gasteiger partial charge in [-0.2, -0.15) is 0 Å². The minimum Gasteiger partial charge on any atom is -0.507 e. The van der Waals surface area contributed by atoms with Crippen molar-refractivity contribution in [1.82, 2.24) is 0 Å². The van der Waals surface area contributed by atoms with Gasteiger partial charge in [0.1, 0.15) is 11.3 Å². The molecule has 0 aromatic heterocycles. The van der Waals surface area contributed by atoms with Gasteiger partial charge in [-0.05, 0) is 31.2 Å². The average molecular weight is 354 g/mol. The van der Waals surface area contributed by atoms with Gasteiger partial charge in [0.2, 0.25) is 5.91 Å². The number of carbonyl (C=O) groups excluding carboxylic acids is 3. The standard InChI is InChI=1S/C19H18N2O5/c1-12-10-17(23)20-14-7-3-4-8-15(14)21(12)18(24)11-26-19(25)13-6-2-5-9-16(13)22/h2-9,12,22H,10-11H2,1H3,(H,20,23)/t12-/m1/s1. The summed E-state index contributed by atoms with van der Waals surface area (Å²) in [6, 6.07) is 12.5. The van der Waals surface area contributed by atoms with Gasteiger partial charge in [0, 0.05) is 12.5 Å². The number of phenolic OH excluding ortho intramolecular Hbond substituents is 1. The maximum Gasteiger partial charge on any atom is 0.342 e. The Bertz CT molecular complexity index is 865. The molecule has 1 atom stereocenters. The Morgan fingerprint density at radius 2 is 1.88 bits per heavy atom. The molecular weight excluding hydrogens is 336 g/mol. The molecule has 0 aliphatic carbocycles. The van der Waals surface area contributed by atoms with Crippen LogP contribution >= 0.6 is 0 Å². The lowest BCUT2D eigenvalue weighted by atomic mass is 10.1. The minimum atomic E-state index is -0.790. The van der Waals surface area contributed by atoms with Crippen molar-refractivity contribution in [2.45, 2.75) is 19.4 Å². The molecule has 0 saturated heterocycles. The molecule has 0 bridgehead atoms. The summed E-state index contributed by atoms with van der Waals surface area (Å²) in [5, 5.41) is 12.5. The number of amides is 2. The van der Waals surface area contributed by atoms with E-state index in [1.165, 1.54) is 17.0 Å². The molecule has 0 unspecified atom stereocenters. The van der Waals surface area contributed by atoms with Crippen LogP contribution in [0.5, 0.6) is 5.75 Å². The lowest BCUT2D eigenvalue weighted by Crippen LogP contribution is -2.41. The van der Waals surface area contributed by atoms with Crippen LogP contribution in [0.15, 0.2) is 48.5 Å². The molecule has 2 aromatic carbocycles. The Morgan fingerprint density at radius 3 is 2.65 bits per heavy atom. The van der Waals surface area contributed by atoms with Gasteiger partial charge in [0.05, 0.1) is 11.4 Å². The van der Waals surface area contributed by atoms with Crippen molar-refractivity contribution < 1.29 is 24.2 Å². The lowest BCUT2D eigenvalue weighted by molar-refractivity contribution is -0.122. The fourth-order valence-corrected chi connectivity index (χ4v) is 2.89. The molecule has 1 aliphatic rings. The average Bonchev–Trinajstić information content (AvgIpc) is 2.74. The fourth-order valence-electron chi connectivity index (χ4n) is 2.89. The van der Waals surface area contributed by atoms with E-state index in [-0.39, 0.29) is 23.6 Å². The molecule has 7 heteroatoms. The molecule has 26 heavy (non-hydrogen) atoms. The van der Waals surface area contributed by atoms with E-state index < -0.39 is 24.5 Å². The maximum absolute atomic E-state index is 12.7. The number of esters is 1. The van der Waals surface area contributed by atoms with Crippen LogP contribution in [0.3, 0.4) is 0 Å². The number of rotatable bonds is 3. The van der Waals surface area contributed by atoms with E-state index in [2.05, 4.69) is 5.32 Å². The summed E-state index contributed by atoms with van der Waals surface area (Å²) >= 11 is 0. The number of aromatic hydroxyl groups is 1. The van der Waals surface area contributed by atoms with E-state index in [9.17, 15) is 19.5 Å². The van der Waals surface area contributed by atoms with Crippen LogP contribution in [-0.4, -0.2) is 35.5 Å². The summed E-state index contributed by atoms with van der Waals surface area (Å²) in [5.41, 5.74) is 1.07. The number of phenols is 1. The second kappa shape index (κ2) is 7.26. The molecule has 3 rings (SSSR count). The van der Waals surface area contributed by atoms with Crippen LogP contribution in [0.2, 0.25) is 0 Å². The van der Waals surface area contributed by atoms with Crippen molar-refractivity contribution in [3.8, 4) is 5.75 Å². The number of hydrogen-bond donors (Lipinski definition) is 2. The molecule has 7 nitrogen and oxygen atoms in total. The highest BCUT2D eigenvalue weighted by atomic mass is 16.5.